The van der Waals surface area contributed by atoms with Crippen LogP contribution in [-0.2, 0) is 11.8 Å². The quantitative estimate of drug-likeness (QED) is 0.875. The summed E-state index contributed by atoms with van der Waals surface area (Å²) in [6.07, 6.45) is 6.89. The molecule has 0 spiro atoms. The summed E-state index contributed by atoms with van der Waals surface area (Å²) in [5, 5.41) is 7.57. The largest absolute Gasteiger partial charge is 0.365 e. The van der Waals surface area contributed by atoms with Crippen LogP contribution in [0.2, 0.25) is 0 Å². The van der Waals surface area contributed by atoms with E-state index in [-0.39, 0.29) is 0 Å². The van der Waals surface area contributed by atoms with Crippen molar-refractivity contribution < 1.29 is 4.79 Å². The van der Waals surface area contributed by atoms with Gasteiger partial charge in [-0.2, -0.15) is 5.10 Å². The molecule has 6 heteroatoms. The van der Waals surface area contributed by atoms with Crippen molar-refractivity contribution in [1.29, 1.82) is 0 Å². The van der Waals surface area contributed by atoms with Crippen molar-refractivity contribution in [1.82, 2.24) is 20.0 Å². The zero-order chi connectivity index (χ0) is 14.7. The van der Waals surface area contributed by atoms with E-state index in [1.165, 1.54) is 6.42 Å². The van der Waals surface area contributed by atoms with E-state index in [2.05, 4.69) is 15.3 Å². The Hall–Kier alpha value is -1.56. The molecule has 6 nitrogen and oxygen atoms in total. The Morgan fingerprint density at radius 2 is 2.19 bits per heavy atom. The molecule has 1 amide bonds. The van der Waals surface area contributed by atoms with Gasteiger partial charge in [0.2, 0.25) is 5.91 Å². The molecule has 1 aromatic rings. The van der Waals surface area contributed by atoms with Crippen LogP contribution in [0.4, 0.5) is 5.69 Å². The van der Waals surface area contributed by atoms with E-state index < -0.39 is 0 Å². The lowest BCUT2D eigenvalue weighted by molar-refractivity contribution is -0.131. The molecule has 1 N–H and O–H groups in total. The van der Waals surface area contributed by atoms with Crippen molar-refractivity contribution >= 4 is 11.6 Å². The highest BCUT2D eigenvalue weighted by atomic mass is 16.2. The van der Waals surface area contributed by atoms with Gasteiger partial charge >= 0.3 is 0 Å². The van der Waals surface area contributed by atoms with E-state index in [0.717, 1.165) is 51.4 Å². The summed E-state index contributed by atoms with van der Waals surface area (Å²) < 4.78 is 1.82. The number of rotatable bonds is 4. The lowest BCUT2D eigenvalue weighted by atomic mass is 10.0. The molecule has 21 heavy (non-hydrogen) atoms. The first-order chi connectivity index (χ1) is 10.2. The van der Waals surface area contributed by atoms with Crippen molar-refractivity contribution in [2.75, 3.05) is 44.2 Å². The molecular weight excluding hydrogens is 266 g/mol. The molecule has 2 aliphatic rings. The first-order valence-corrected chi connectivity index (χ1v) is 7.94. The highest BCUT2D eigenvalue weighted by Crippen LogP contribution is 2.18. The predicted molar refractivity (Wildman–Crippen MR) is 82.2 cm³/mol. The Balaban J connectivity index is 1.43. The summed E-state index contributed by atoms with van der Waals surface area (Å²) >= 11 is 0. The maximum atomic E-state index is 12.3. The summed E-state index contributed by atoms with van der Waals surface area (Å²) in [5.74, 6) is 1.03. The van der Waals surface area contributed by atoms with Crippen molar-refractivity contribution in [3.63, 3.8) is 0 Å². The van der Waals surface area contributed by atoms with Crippen LogP contribution in [0.15, 0.2) is 12.4 Å². The second-order valence-corrected chi connectivity index (χ2v) is 6.14. The highest BCUT2D eigenvalue weighted by molar-refractivity contribution is 5.76. The molecule has 0 saturated carbocycles. The zero-order valence-corrected chi connectivity index (χ0v) is 12.8. The molecule has 0 radical (unpaired) electrons. The van der Waals surface area contributed by atoms with Gasteiger partial charge in [0.15, 0.2) is 0 Å². The minimum Gasteiger partial charge on any atom is -0.365 e. The average molecular weight is 291 g/mol. The first kappa shape index (κ1) is 14.4. The zero-order valence-electron chi connectivity index (χ0n) is 12.8. The Morgan fingerprint density at radius 3 is 2.81 bits per heavy atom. The molecule has 1 aromatic heterocycles. The van der Waals surface area contributed by atoms with Crippen LogP contribution >= 0.6 is 0 Å². The normalized spacial score (nSPS) is 22.8. The molecule has 0 aromatic carbocycles. The highest BCUT2D eigenvalue weighted by Gasteiger charge is 2.23. The number of hydrogen-bond acceptors (Lipinski definition) is 4. The summed E-state index contributed by atoms with van der Waals surface area (Å²) in [4.78, 5) is 16.6. The van der Waals surface area contributed by atoms with E-state index in [1.54, 1.807) is 0 Å². The maximum Gasteiger partial charge on any atom is 0.222 e. The van der Waals surface area contributed by atoms with E-state index >= 15 is 0 Å². The summed E-state index contributed by atoms with van der Waals surface area (Å²) in [6.45, 7) is 5.67. The number of amides is 1. The lowest BCUT2D eigenvalue weighted by Crippen LogP contribution is -2.48. The third-order valence-electron chi connectivity index (χ3n) is 4.62. The molecule has 2 saturated heterocycles. The van der Waals surface area contributed by atoms with Crippen LogP contribution < -0.4 is 10.2 Å². The average Bonchev–Trinajstić information content (AvgIpc) is 3.16. The maximum absolute atomic E-state index is 12.3. The van der Waals surface area contributed by atoms with Crippen LogP contribution in [-0.4, -0.2) is 59.9 Å². The summed E-state index contributed by atoms with van der Waals surface area (Å²) in [5.41, 5.74) is 1.15. The van der Waals surface area contributed by atoms with Gasteiger partial charge in [-0.05, 0) is 31.8 Å². The van der Waals surface area contributed by atoms with Crippen LogP contribution in [0.25, 0.3) is 0 Å². The lowest BCUT2D eigenvalue weighted by Gasteiger charge is -2.35. The van der Waals surface area contributed by atoms with E-state index in [0.29, 0.717) is 18.2 Å². The molecule has 0 aliphatic carbocycles. The summed E-state index contributed by atoms with van der Waals surface area (Å²) in [7, 11) is 1.93. The number of carbonyl (C=O) groups excluding carboxylic acids is 1. The van der Waals surface area contributed by atoms with Gasteiger partial charge in [-0.1, -0.05) is 0 Å². The number of carbonyl (C=O) groups is 1. The molecule has 1 atom stereocenters. The minimum atomic E-state index is 0.327. The van der Waals surface area contributed by atoms with Gasteiger partial charge in [-0.3, -0.25) is 9.48 Å². The second kappa shape index (κ2) is 6.47. The molecule has 3 rings (SSSR count). The van der Waals surface area contributed by atoms with Crippen molar-refractivity contribution in [3.05, 3.63) is 12.4 Å². The number of hydrogen-bond donors (Lipinski definition) is 1. The van der Waals surface area contributed by atoms with E-state index in [9.17, 15) is 4.79 Å². The number of aromatic nitrogens is 2. The fraction of sp³-hybridized carbons (Fsp3) is 0.733. The number of nitrogens with zero attached hydrogens (tertiary/aromatic N) is 4. The fourth-order valence-corrected chi connectivity index (χ4v) is 3.23. The second-order valence-electron chi connectivity index (χ2n) is 6.14. The Labute approximate surface area is 126 Å². The van der Waals surface area contributed by atoms with E-state index in [1.807, 2.05) is 29.0 Å². The van der Waals surface area contributed by atoms with Gasteiger partial charge < -0.3 is 15.1 Å². The molecule has 116 valence electrons. The monoisotopic (exact) mass is 291 g/mol. The van der Waals surface area contributed by atoms with Gasteiger partial charge in [0, 0.05) is 45.8 Å². The SMILES string of the molecule is Cn1cc(N2CCN(C(=O)CCC3CCNC3)CC2)cn1. The molecule has 1 unspecified atom stereocenters. The summed E-state index contributed by atoms with van der Waals surface area (Å²) in [6, 6.07) is 0. The van der Waals surface area contributed by atoms with Crippen molar-refractivity contribution in [3.8, 4) is 0 Å². The number of piperazine rings is 1. The topological polar surface area (TPSA) is 53.4 Å². The Kier molecular flexibility index (Phi) is 4.43. The molecule has 3 heterocycles. The Morgan fingerprint density at radius 1 is 1.38 bits per heavy atom. The van der Waals surface area contributed by atoms with Crippen LogP contribution in [0.3, 0.4) is 0 Å². The third-order valence-corrected chi connectivity index (χ3v) is 4.62. The predicted octanol–water partition coefficient (Wildman–Crippen LogP) is 0.458. The number of nitrogens with one attached hydrogen (secondary N) is 1. The fourth-order valence-electron chi connectivity index (χ4n) is 3.23. The Bertz CT molecular complexity index is 472. The molecule has 0 bridgehead atoms. The minimum absolute atomic E-state index is 0.327. The third kappa shape index (κ3) is 3.56. The van der Waals surface area contributed by atoms with Gasteiger partial charge in [0.05, 0.1) is 11.9 Å². The van der Waals surface area contributed by atoms with Crippen molar-refractivity contribution in [2.45, 2.75) is 19.3 Å². The molecular formula is C15H25N5O. The van der Waals surface area contributed by atoms with Gasteiger partial charge in [0.25, 0.3) is 0 Å². The number of anilines is 1. The first-order valence-electron chi connectivity index (χ1n) is 7.94. The van der Waals surface area contributed by atoms with Crippen LogP contribution in [0.1, 0.15) is 19.3 Å². The smallest absolute Gasteiger partial charge is 0.222 e. The van der Waals surface area contributed by atoms with Crippen LogP contribution in [0, 0.1) is 5.92 Å². The van der Waals surface area contributed by atoms with E-state index in [4.69, 9.17) is 0 Å². The number of aryl methyl sites for hydroxylation is 1. The standard InChI is InChI=1S/C15H25N5O/c1-18-12-14(11-17-18)19-6-8-20(9-7-19)15(21)3-2-13-4-5-16-10-13/h11-13,16H,2-10H2,1H3. The molecule has 2 fully saturated rings. The van der Waals surface area contributed by atoms with Gasteiger partial charge in [-0.25, -0.2) is 0 Å². The van der Waals surface area contributed by atoms with Crippen LogP contribution in [0.5, 0.6) is 0 Å². The molecule has 2 aliphatic heterocycles. The van der Waals surface area contributed by atoms with Gasteiger partial charge in [0.1, 0.15) is 0 Å². The van der Waals surface area contributed by atoms with Crippen molar-refractivity contribution in [2.24, 2.45) is 13.0 Å². The van der Waals surface area contributed by atoms with Gasteiger partial charge in [-0.15, -0.1) is 0 Å².